The first-order valence-electron chi connectivity index (χ1n) is 4.29. The van der Waals surface area contributed by atoms with Crippen molar-refractivity contribution in [3.63, 3.8) is 0 Å². The predicted molar refractivity (Wildman–Crippen MR) is 49.4 cm³/mol. The largest absolute Gasteiger partial charge is 0.481 e. The van der Waals surface area contributed by atoms with Crippen molar-refractivity contribution in [2.75, 3.05) is 0 Å². The molecule has 2 aliphatic carbocycles. The van der Waals surface area contributed by atoms with Crippen LogP contribution in [-0.2, 0) is 9.59 Å². The van der Waals surface area contributed by atoms with Gasteiger partial charge in [-0.05, 0) is 6.42 Å². The van der Waals surface area contributed by atoms with Gasteiger partial charge in [0.1, 0.15) is 6.17 Å². The van der Waals surface area contributed by atoms with Crippen LogP contribution in [0.4, 0.5) is 4.39 Å². The fourth-order valence-electron chi connectivity index (χ4n) is 2.68. The van der Waals surface area contributed by atoms with Crippen LogP contribution in [0.5, 0.6) is 0 Å². The number of hydrogen-bond acceptors (Lipinski definition) is 3. The standard InChI is InChI=1S/C8H10FNO4.ClH/c9-3-1-2(6(11)12)8(10)4(3)5(8)7(13)14;/h2-5H,1,10H2,(H,11,12)(H,13,14);1H. The van der Waals surface area contributed by atoms with Gasteiger partial charge in [-0.1, -0.05) is 0 Å². The van der Waals surface area contributed by atoms with Gasteiger partial charge in [0.2, 0.25) is 0 Å². The molecule has 5 unspecified atom stereocenters. The molecule has 0 aromatic carbocycles. The van der Waals surface area contributed by atoms with Crippen molar-refractivity contribution in [3.05, 3.63) is 0 Å². The zero-order valence-corrected chi connectivity index (χ0v) is 8.41. The van der Waals surface area contributed by atoms with E-state index in [0.717, 1.165) is 0 Å². The zero-order valence-electron chi connectivity index (χ0n) is 7.59. The number of aliphatic carboxylic acids is 2. The lowest BCUT2D eigenvalue weighted by molar-refractivity contribution is -0.144. The summed E-state index contributed by atoms with van der Waals surface area (Å²) in [4.78, 5) is 21.4. The molecule has 2 saturated carbocycles. The van der Waals surface area contributed by atoms with E-state index < -0.39 is 41.4 Å². The van der Waals surface area contributed by atoms with Crippen molar-refractivity contribution in [2.24, 2.45) is 23.5 Å². The van der Waals surface area contributed by atoms with Gasteiger partial charge in [0.15, 0.2) is 0 Å². The SMILES string of the molecule is Cl.NC12C(C(=O)O)CC(F)C1C2C(=O)O. The molecule has 5 nitrogen and oxygen atoms in total. The number of nitrogens with two attached hydrogens (primary N) is 1. The Morgan fingerprint density at radius 2 is 1.87 bits per heavy atom. The molecule has 0 heterocycles. The van der Waals surface area contributed by atoms with E-state index in [2.05, 4.69) is 0 Å². The van der Waals surface area contributed by atoms with Gasteiger partial charge in [-0.25, -0.2) is 4.39 Å². The van der Waals surface area contributed by atoms with Crippen molar-refractivity contribution in [3.8, 4) is 0 Å². The molecule has 4 N–H and O–H groups in total. The van der Waals surface area contributed by atoms with Gasteiger partial charge in [-0.3, -0.25) is 9.59 Å². The van der Waals surface area contributed by atoms with Crippen molar-refractivity contribution < 1.29 is 24.2 Å². The molecule has 0 saturated heterocycles. The highest BCUT2D eigenvalue weighted by Gasteiger charge is 2.78. The molecule has 0 amide bonds. The van der Waals surface area contributed by atoms with Crippen LogP contribution in [0, 0.1) is 17.8 Å². The van der Waals surface area contributed by atoms with E-state index in [9.17, 15) is 14.0 Å². The van der Waals surface area contributed by atoms with E-state index in [1.54, 1.807) is 0 Å². The Labute approximate surface area is 90.9 Å². The fraction of sp³-hybridized carbons (Fsp3) is 0.750. The summed E-state index contributed by atoms with van der Waals surface area (Å²) in [5.41, 5.74) is 4.27. The van der Waals surface area contributed by atoms with Crippen molar-refractivity contribution in [1.82, 2.24) is 0 Å². The van der Waals surface area contributed by atoms with Gasteiger partial charge < -0.3 is 15.9 Å². The Bertz CT molecular complexity index is 326. The minimum Gasteiger partial charge on any atom is -0.481 e. The Morgan fingerprint density at radius 1 is 1.33 bits per heavy atom. The maximum atomic E-state index is 13.2. The molecule has 15 heavy (non-hydrogen) atoms. The van der Waals surface area contributed by atoms with E-state index in [0.29, 0.717) is 0 Å². The van der Waals surface area contributed by atoms with Crippen LogP contribution < -0.4 is 5.73 Å². The zero-order chi connectivity index (χ0) is 10.7. The molecule has 0 radical (unpaired) electrons. The first-order valence-corrected chi connectivity index (χ1v) is 4.29. The van der Waals surface area contributed by atoms with E-state index in [1.165, 1.54) is 0 Å². The Balaban J connectivity index is 0.00000112. The Hall–Kier alpha value is -0.880. The summed E-state index contributed by atoms with van der Waals surface area (Å²) in [5.74, 6) is -5.33. The molecule has 2 fully saturated rings. The van der Waals surface area contributed by atoms with Crippen LogP contribution in [0.1, 0.15) is 6.42 Å². The maximum Gasteiger partial charge on any atom is 0.308 e. The van der Waals surface area contributed by atoms with Crippen LogP contribution in [-0.4, -0.2) is 33.9 Å². The molecule has 7 heteroatoms. The summed E-state index contributed by atoms with van der Waals surface area (Å²) in [7, 11) is 0. The number of fused-ring (bicyclic) bond motifs is 1. The molecule has 2 rings (SSSR count). The number of hydrogen-bond donors (Lipinski definition) is 3. The fourth-order valence-corrected chi connectivity index (χ4v) is 2.68. The number of carbonyl (C=O) groups is 2. The lowest BCUT2D eigenvalue weighted by Gasteiger charge is -2.15. The summed E-state index contributed by atoms with van der Waals surface area (Å²) < 4.78 is 13.2. The summed E-state index contributed by atoms with van der Waals surface area (Å²) in [6.45, 7) is 0. The van der Waals surface area contributed by atoms with Gasteiger partial charge in [0, 0.05) is 11.5 Å². The number of carboxylic acids is 2. The highest BCUT2D eigenvalue weighted by atomic mass is 35.5. The second-order valence-electron chi connectivity index (χ2n) is 3.98. The third-order valence-corrected chi connectivity index (χ3v) is 3.38. The normalized spacial score (nSPS) is 46.5. The lowest BCUT2D eigenvalue weighted by Crippen LogP contribution is -2.39. The van der Waals surface area contributed by atoms with E-state index in [4.69, 9.17) is 15.9 Å². The summed E-state index contributed by atoms with van der Waals surface area (Å²) >= 11 is 0. The minimum atomic E-state index is -1.40. The average Bonchev–Trinajstić information content (AvgIpc) is 2.60. The predicted octanol–water partition coefficient (Wildman–Crippen LogP) is -0.121. The van der Waals surface area contributed by atoms with Gasteiger partial charge >= 0.3 is 11.9 Å². The highest BCUT2D eigenvalue weighted by molar-refractivity contribution is 5.85. The van der Waals surface area contributed by atoms with Crippen LogP contribution in [0.3, 0.4) is 0 Å². The first-order chi connectivity index (χ1) is 6.40. The van der Waals surface area contributed by atoms with Gasteiger partial charge in [-0.2, -0.15) is 0 Å². The van der Waals surface area contributed by atoms with E-state index >= 15 is 0 Å². The first kappa shape index (κ1) is 12.2. The van der Waals surface area contributed by atoms with E-state index in [1.807, 2.05) is 0 Å². The van der Waals surface area contributed by atoms with Crippen molar-refractivity contribution in [1.29, 1.82) is 0 Å². The number of rotatable bonds is 2. The second kappa shape index (κ2) is 3.31. The molecule has 5 atom stereocenters. The van der Waals surface area contributed by atoms with Gasteiger partial charge in [-0.15, -0.1) is 12.4 Å². The molecule has 0 bridgehead atoms. The lowest BCUT2D eigenvalue weighted by atomic mass is 9.95. The summed E-state index contributed by atoms with van der Waals surface area (Å²) in [6, 6.07) is 0. The number of halogens is 2. The van der Waals surface area contributed by atoms with Crippen molar-refractivity contribution >= 4 is 24.3 Å². The molecule has 0 aliphatic heterocycles. The van der Waals surface area contributed by atoms with Crippen LogP contribution in [0.15, 0.2) is 0 Å². The van der Waals surface area contributed by atoms with Gasteiger partial charge in [0.05, 0.1) is 11.8 Å². The summed E-state index contributed by atoms with van der Waals surface area (Å²) in [6.07, 6.45) is -1.57. The quantitative estimate of drug-likeness (QED) is 0.624. The Morgan fingerprint density at radius 3 is 2.20 bits per heavy atom. The van der Waals surface area contributed by atoms with Crippen LogP contribution >= 0.6 is 12.4 Å². The molecular formula is C8H11ClFNO4. The molecule has 0 aromatic heterocycles. The highest BCUT2D eigenvalue weighted by Crippen LogP contribution is 2.63. The molecular weight excluding hydrogens is 229 g/mol. The third kappa shape index (κ3) is 1.32. The molecule has 86 valence electrons. The monoisotopic (exact) mass is 239 g/mol. The average molecular weight is 240 g/mol. The summed E-state index contributed by atoms with van der Waals surface area (Å²) in [5, 5.41) is 17.5. The number of alkyl halides is 1. The van der Waals surface area contributed by atoms with Crippen molar-refractivity contribution in [2.45, 2.75) is 18.1 Å². The van der Waals surface area contributed by atoms with Crippen LogP contribution in [0.25, 0.3) is 0 Å². The topological polar surface area (TPSA) is 101 Å². The van der Waals surface area contributed by atoms with E-state index in [-0.39, 0.29) is 18.8 Å². The smallest absolute Gasteiger partial charge is 0.308 e. The number of carboxylic acid groups (broad SMARTS) is 2. The Kier molecular flexibility index (Phi) is 2.69. The molecule has 0 spiro atoms. The third-order valence-electron chi connectivity index (χ3n) is 3.38. The van der Waals surface area contributed by atoms with Crippen LogP contribution in [0.2, 0.25) is 0 Å². The minimum absolute atomic E-state index is 0. The van der Waals surface area contributed by atoms with Gasteiger partial charge in [0.25, 0.3) is 0 Å². The molecule has 0 aromatic rings. The second-order valence-corrected chi connectivity index (χ2v) is 3.98. The maximum absolute atomic E-state index is 13.2. The molecule has 2 aliphatic rings.